The Hall–Kier alpha value is -0.410. The second kappa shape index (κ2) is 2.30. The van der Waals surface area contributed by atoms with Gasteiger partial charge >= 0.3 is 0 Å². The van der Waals surface area contributed by atoms with Gasteiger partial charge in [0.25, 0.3) is 0 Å². The van der Waals surface area contributed by atoms with Crippen LogP contribution in [0, 0.1) is 10.8 Å². The van der Waals surface area contributed by atoms with Gasteiger partial charge in [-0.1, -0.05) is 0 Å². The van der Waals surface area contributed by atoms with Crippen LogP contribution in [0.1, 0.15) is 13.8 Å². The fraction of sp³-hybridized carbons (Fsp3) is 0.889. The lowest BCUT2D eigenvalue weighted by molar-refractivity contribution is -0.187. The summed E-state index contributed by atoms with van der Waals surface area (Å²) in [6, 6.07) is 0. The number of rotatable bonds is 2. The molecule has 0 aromatic rings. The fourth-order valence-corrected chi connectivity index (χ4v) is 1.81. The van der Waals surface area contributed by atoms with Crippen LogP contribution >= 0.6 is 0 Å². The highest BCUT2D eigenvalue weighted by atomic mass is 16.5. The summed E-state index contributed by atoms with van der Waals surface area (Å²) in [5, 5.41) is 0. The van der Waals surface area contributed by atoms with Gasteiger partial charge in [-0.2, -0.15) is 0 Å². The molecule has 0 radical (unpaired) electrons. The van der Waals surface area contributed by atoms with Crippen molar-refractivity contribution in [1.82, 2.24) is 0 Å². The van der Waals surface area contributed by atoms with Crippen molar-refractivity contribution in [2.24, 2.45) is 10.8 Å². The quantitative estimate of drug-likeness (QED) is 0.609. The third kappa shape index (κ3) is 0.930. The average molecular weight is 170 g/mol. The maximum atomic E-state index is 11.9. The van der Waals surface area contributed by atoms with Crippen LogP contribution in [0.5, 0.6) is 0 Å². The van der Waals surface area contributed by atoms with Crippen molar-refractivity contribution < 1.29 is 14.3 Å². The summed E-state index contributed by atoms with van der Waals surface area (Å²) in [6.45, 7) is 6.29. The van der Waals surface area contributed by atoms with Gasteiger partial charge < -0.3 is 9.47 Å². The third-order valence-corrected chi connectivity index (χ3v) is 2.78. The predicted molar refractivity (Wildman–Crippen MR) is 42.9 cm³/mol. The minimum atomic E-state index is -0.224. The Kier molecular flexibility index (Phi) is 1.57. The number of carbonyl (C=O) groups is 1. The highest BCUT2D eigenvalue weighted by Gasteiger charge is 2.52. The second-order valence-electron chi connectivity index (χ2n) is 4.44. The van der Waals surface area contributed by atoms with E-state index in [0.717, 1.165) is 0 Å². The molecule has 2 heterocycles. The molecule has 2 aliphatic heterocycles. The molecule has 0 aromatic carbocycles. The molecule has 0 bridgehead atoms. The molecule has 3 nitrogen and oxygen atoms in total. The minimum absolute atomic E-state index is 0.224. The van der Waals surface area contributed by atoms with E-state index >= 15 is 0 Å². The molecule has 0 aliphatic carbocycles. The monoisotopic (exact) mass is 170 g/mol. The second-order valence-corrected chi connectivity index (χ2v) is 4.44. The van der Waals surface area contributed by atoms with Gasteiger partial charge in [0.1, 0.15) is 0 Å². The summed E-state index contributed by atoms with van der Waals surface area (Å²) >= 11 is 0. The standard InChI is InChI=1S/C9H14O3/c1-8(3-11-4-8)7(10)9(2)5-12-6-9/h3-6H2,1-2H3. The summed E-state index contributed by atoms with van der Waals surface area (Å²) in [4.78, 5) is 11.9. The average Bonchev–Trinajstić information content (AvgIpc) is 1.94. The van der Waals surface area contributed by atoms with Crippen LogP contribution in [-0.2, 0) is 14.3 Å². The lowest BCUT2D eigenvalue weighted by Crippen LogP contribution is -2.58. The van der Waals surface area contributed by atoms with E-state index in [1.54, 1.807) is 0 Å². The Morgan fingerprint density at radius 1 is 1.00 bits per heavy atom. The molecule has 0 atom stereocenters. The van der Waals surface area contributed by atoms with Crippen LogP contribution in [0.3, 0.4) is 0 Å². The molecular formula is C9H14O3. The Balaban J connectivity index is 2.08. The Labute approximate surface area is 72.0 Å². The predicted octanol–water partition coefficient (Wildman–Crippen LogP) is 0.629. The molecular weight excluding hydrogens is 156 g/mol. The largest absolute Gasteiger partial charge is 0.379 e. The lowest BCUT2D eigenvalue weighted by atomic mass is 9.69. The highest BCUT2D eigenvalue weighted by Crippen LogP contribution is 2.39. The smallest absolute Gasteiger partial charge is 0.153 e. The minimum Gasteiger partial charge on any atom is -0.379 e. The summed E-state index contributed by atoms with van der Waals surface area (Å²) < 4.78 is 10.1. The van der Waals surface area contributed by atoms with Crippen LogP contribution < -0.4 is 0 Å². The zero-order valence-electron chi connectivity index (χ0n) is 7.55. The number of ether oxygens (including phenoxy) is 2. The Bertz CT molecular complexity index is 192. The summed E-state index contributed by atoms with van der Waals surface area (Å²) in [7, 11) is 0. The van der Waals surface area contributed by atoms with E-state index in [1.165, 1.54) is 0 Å². The topological polar surface area (TPSA) is 35.5 Å². The van der Waals surface area contributed by atoms with Crippen molar-refractivity contribution in [1.29, 1.82) is 0 Å². The van der Waals surface area contributed by atoms with Crippen LogP contribution in [0.4, 0.5) is 0 Å². The number of hydrogen-bond donors (Lipinski definition) is 0. The zero-order valence-corrected chi connectivity index (χ0v) is 7.55. The van der Waals surface area contributed by atoms with Gasteiger partial charge in [-0.15, -0.1) is 0 Å². The normalized spacial score (nSPS) is 30.2. The van der Waals surface area contributed by atoms with E-state index in [0.29, 0.717) is 32.2 Å². The van der Waals surface area contributed by atoms with Crippen molar-refractivity contribution in [2.45, 2.75) is 13.8 Å². The number of carbonyl (C=O) groups excluding carboxylic acids is 1. The van der Waals surface area contributed by atoms with Crippen molar-refractivity contribution in [3.05, 3.63) is 0 Å². The molecule has 2 fully saturated rings. The van der Waals surface area contributed by atoms with E-state index < -0.39 is 0 Å². The molecule has 0 amide bonds. The third-order valence-electron chi connectivity index (χ3n) is 2.78. The van der Waals surface area contributed by atoms with Crippen molar-refractivity contribution >= 4 is 5.78 Å². The van der Waals surface area contributed by atoms with Gasteiger partial charge in [0.05, 0.1) is 37.3 Å². The molecule has 3 heteroatoms. The van der Waals surface area contributed by atoms with Gasteiger partial charge in [-0.05, 0) is 13.8 Å². The Morgan fingerprint density at radius 2 is 1.33 bits per heavy atom. The SMILES string of the molecule is CC1(C(=O)C2(C)COC2)COC1. The van der Waals surface area contributed by atoms with Gasteiger partial charge in [-0.25, -0.2) is 0 Å². The number of hydrogen-bond acceptors (Lipinski definition) is 3. The van der Waals surface area contributed by atoms with Gasteiger partial charge in [-0.3, -0.25) is 4.79 Å². The molecule has 0 spiro atoms. The van der Waals surface area contributed by atoms with Gasteiger partial charge in [0, 0.05) is 0 Å². The maximum Gasteiger partial charge on any atom is 0.153 e. The molecule has 12 heavy (non-hydrogen) atoms. The first-order chi connectivity index (χ1) is 5.57. The van der Waals surface area contributed by atoms with E-state index in [-0.39, 0.29) is 10.8 Å². The van der Waals surface area contributed by atoms with Crippen LogP contribution in [0.2, 0.25) is 0 Å². The lowest BCUT2D eigenvalue weighted by Gasteiger charge is -2.46. The summed E-state index contributed by atoms with van der Waals surface area (Å²) in [6.07, 6.45) is 0. The fourth-order valence-electron chi connectivity index (χ4n) is 1.81. The molecule has 0 unspecified atom stereocenters. The Morgan fingerprint density at radius 3 is 1.50 bits per heavy atom. The van der Waals surface area contributed by atoms with Crippen molar-refractivity contribution in [3.63, 3.8) is 0 Å². The van der Waals surface area contributed by atoms with E-state index in [1.807, 2.05) is 13.8 Å². The molecule has 0 saturated carbocycles. The molecule has 0 N–H and O–H groups in total. The van der Waals surface area contributed by atoms with Gasteiger partial charge in [0.2, 0.25) is 0 Å². The summed E-state index contributed by atoms with van der Waals surface area (Å²) in [5.74, 6) is 0.313. The van der Waals surface area contributed by atoms with E-state index in [4.69, 9.17) is 9.47 Å². The summed E-state index contributed by atoms with van der Waals surface area (Å²) in [5.41, 5.74) is -0.447. The zero-order chi connectivity index (χ0) is 8.82. The van der Waals surface area contributed by atoms with Crippen LogP contribution in [-0.4, -0.2) is 32.2 Å². The number of Topliss-reactive ketones (excluding diaryl/α,β-unsaturated/α-hetero) is 1. The molecule has 68 valence electrons. The van der Waals surface area contributed by atoms with E-state index in [9.17, 15) is 4.79 Å². The van der Waals surface area contributed by atoms with Crippen LogP contribution in [0.15, 0.2) is 0 Å². The first-order valence-electron chi connectivity index (χ1n) is 4.27. The maximum absolute atomic E-state index is 11.9. The molecule has 2 rings (SSSR count). The highest BCUT2D eigenvalue weighted by molar-refractivity contribution is 5.91. The molecule has 0 aromatic heterocycles. The first kappa shape index (κ1) is 8.20. The molecule has 2 aliphatic rings. The van der Waals surface area contributed by atoms with Crippen LogP contribution in [0.25, 0.3) is 0 Å². The van der Waals surface area contributed by atoms with E-state index in [2.05, 4.69) is 0 Å². The first-order valence-corrected chi connectivity index (χ1v) is 4.27. The van der Waals surface area contributed by atoms with Crippen molar-refractivity contribution in [2.75, 3.05) is 26.4 Å². The number of ketones is 1. The van der Waals surface area contributed by atoms with Crippen molar-refractivity contribution in [3.8, 4) is 0 Å². The molecule has 2 saturated heterocycles. The van der Waals surface area contributed by atoms with Gasteiger partial charge in [0.15, 0.2) is 5.78 Å².